The highest BCUT2D eigenvalue weighted by atomic mass is 32.2. The molecule has 0 spiro atoms. The van der Waals surface area contributed by atoms with Gasteiger partial charge >= 0.3 is 0 Å². The Bertz CT molecular complexity index is 569. The highest BCUT2D eigenvalue weighted by Crippen LogP contribution is 2.26. The highest BCUT2D eigenvalue weighted by Gasteiger charge is 2.19. The molecule has 114 valence electrons. The molecule has 0 fully saturated rings. The van der Waals surface area contributed by atoms with Gasteiger partial charge in [0, 0.05) is 25.4 Å². The van der Waals surface area contributed by atoms with Crippen LogP contribution >= 0.6 is 11.8 Å². The van der Waals surface area contributed by atoms with Gasteiger partial charge in [0.1, 0.15) is 0 Å². The van der Waals surface area contributed by atoms with Gasteiger partial charge in [-0.2, -0.15) is 11.8 Å². The molecule has 0 bridgehead atoms. The first-order valence-electron chi connectivity index (χ1n) is 6.21. The molecule has 1 aromatic rings. The molecule has 0 amide bonds. The molecule has 20 heavy (non-hydrogen) atoms. The van der Waals surface area contributed by atoms with Gasteiger partial charge in [0.2, 0.25) is 10.0 Å². The second-order valence-corrected chi connectivity index (χ2v) is 9.02. The number of thioether (sulfide) groups is 1. The van der Waals surface area contributed by atoms with Crippen molar-refractivity contribution in [2.24, 2.45) is 0 Å². The summed E-state index contributed by atoms with van der Waals surface area (Å²) in [6.07, 6.45) is 2.05. The molecule has 5 nitrogen and oxygen atoms in total. The smallest absolute Gasteiger partial charge is 0.242 e. The SMILES string of the molecule is CSC(C)(C)CNc1ccc(S(=O)(=O)N(C)C)cc1N. The van der Waals surface area contributed by atoms with Crippen LogP contribution in [0, 0.1) is 0 Å². The Balaban J connectivity index is 2.95. The van der Waals surface area contributed by atoms with Gasteiger partial charge in [-0.3, -0.25) is 0 Å². The minimum Gasteiger partial charge on any atom is -0.397 e. The molecule has 0 atom stereocenters. The molecular formula is C13H23N3O2S2. The molecule has 0 radical (unpaired) electrons. The van der Waals surface area contributed by atoms with Gasteiger partial charge in [-0.05, 0) is 38.3 Å². The zero-order valence-electron chi connectivity index (χ0n) is 12.6. The lowest BCUT2D eigenvalue weighted by atomic mass is 10.2. The summed E-state index contributed by atoms with van der Waals surface area (Å²) in [7, 11) is -0.445. The van der Waals surface area contributed by atoms with Crippen LogP contribution in [-0.4, -0.2) is 44.4 Å². The van der Waals surface area contributed by atoms with E-state index in [-0.39, 0.29) is 9.64 Å². The molecule has 1 aromatic carbocycles. The Morgan fingerprint density at radius 2 is 1.95 bits per heavy atom. The summed E-state index contributed by atoms with van der Waals surface area (Å²) < 4.78 is 25.3. The molecule has 0 heterocycles. The molecule has 0 aliphatic rings. The fraction of sp³-hybridized carbons (Fsp3) is 0.538. The molecule has 0 aliphatic carbocycles. The minimum absolute atomic E-state index is 0.0842. The van der Waals surface area contributed by atoms with Crippen molar-refractivity contribution in [1.82, 2.24) is 4.31 Å². The maximum atomic E-state index is 12.0. The topological polar surface area (TPSA) is 75.4 Å². The maximum Gasteiger partial charge on any atom is 0.242 e. The summed E-state index contributed by atoms with van der Waals surface area (Å²) in [5.74, 6) is 0. The third-order valence-corrected chi connectivity index (χ3v) is 6.12. The quantitative estimate of drug-likeness (QED) is 0.786. The molecule has 0 unspecified atom stereocenters. The number of nitrogens with zero attached hydrogens (tertiary/aromatic N) is 1. The van der Waals surface area contributed by atoms with E-state index in [1.165, 1.54) is 24.5 Å². The number of hydrogen-bond acceptors (Lipinski definition) is 5. The summed E-state index contributed by atoms with van der Waals surface area (Å²) in [5.41, 5.74) is 7.13. The Labute approximate surface area is 126 Å². The van der Waals surface area contributed by atoms with E-state index in [4.69, 9.17) is 5.73 Å². The van der Waals surface area contributed by atoms with Gasteiger partial charge in [-0.1, -0.05) is 0 Å². The van der Waals surface area contributed by atoms with Crippen molar-refractivity contribution in [1.29, 1.82) is 0 Å². The lowest BCUT2D eigenvalue weighted by molar-refractivity contribution is 0.521. The normalized spacial score (nSPS) is 12.7. The summed E-state index contributed by atoms with van der Waals surface area (Å²) >= 11 is 1.76. The molecular weight excluding hydrogens is 294 g/mol. The van der Waals surface area contributed by atoms with Gasteiger partial charge in [-0.15, -0.1) is 0 Å². The number of sulfonamides is 1. The van der Waals surface area contributed by atoms with Crippen LogP contribution in [0.2, 0.25) is 0 Å². The number of rotatable bonds is 6. The van der Waals surface area contributed by atoms with Crippen LogP contribution in [-0.2, 0) is 10.0 Å². The number of nitrogens with two attached hydrogens (primary N) is 1. The molecule has 0 saturated heterocycles. The lowest BCUT2D eigenvalue weighted by Gasteiger charge is -2.23. The predicted molar refractivity (Wildman–Crippen MR) is 87.8 cm³/mol. The molecule has 0 aliphatic heterocycles. The van der Waals surface area contributed by atoms with Crippen molar-refractivity contribution < 1.29 is 8.42 Å². The molecule has 7 heteroatoms. The van der Waals surface area contributed by atoms with Crippen LogP contribution in [0.1, 0.15) is 13.8 Å². The van der Waals surface area contributed by atoms with Crippen LogP contribution in [0.5, 0.6) is 0 Å². The summed E-state index contributed by atoms with van der Waals surface area (Å²) in [5, 5.41) is 3.26. The van der Waals surface area contributed by atoms with E-state index in [0.717, 1.165) is 12.2 Å². The Kier molecular flexibility index (Phi) is 5.34. The highest BCUT2D eigenvalue weighted by molar-refractivity contribution is 7.99. The van der Waals surface area contributed by atoms with Crippen LogP contribution in [0.3, 0.4) is 0 Å². The van der Waals surface area contributed by atoms with Gasteiger partial charge in [0.25, 0.3) is 0 Å². The lowest BCUT2D eigenvalue weighted by Crippen LogP contribution is -2.26. The average molecular weight is 317 g/mol. The number of hydrogen-bond donors (Lipinski definition) is 2. The van der Waals surface area contributed by atoms with Gasteiger partial charge in [-0.25, -0.2) is 12.7 Å². The second-order valence-electron chi connectivity index (χ2n) is 5.35. The van der Waals surface area contributed by atoms with E-state index < -0.39 is 10.0 Å². The van der Waals surface area contributed by atoms with Crippen molar-refractivity contribution in [3.63, 3.8) is 0 Å². The summed E-state index contributed by atoms with van der Waals surface area (Å²) in [6, 6.07) is 4.77. The Hall–Kier alpha value is -0.920. The Morgan fingerprint density at radius 1 is 1.35 bits per heavy atom. The molecule has 0 saturated carbocycles. The summed E-state index contributed by atoms with van der Waals surface area (Å²) in [4.78, 5) is 0.203. The first-order valence-corrected chi connectivity index (χ1v) is 8.88. The number of nitrogen functional groups attached to an aromatic ring is 1. The Morgan fingerprint density at radius 3 is 2.40 bits per heavy atom. The van der Waals surface area contributed by atoms with Crippen LogP contribution in [0.25, 0.3) is 0 Å². The van der Waals surface area contributed by atoms with Crippen LogP contribution in [0.15, 0.2) is 23.1 Å². The summed E-state index contributed by atoms with van der Waals surface area (Å²) in [6.45, 7) is 5.01. The third kappa shape index (κ3) is 4.04. The van der Waals surface area contributed by atoms with E-state index in [1.807, 2.05) is 0 Å². The van der Waals surface area contributed by atoms with Crippen molar-refractivity contribution in [3.05, 3.63) is 18.2 Å². The first kappa shape index (κ1) is 17.1. The minimum atomic E-state index is -3.44. The zero-order valence-corrected chi connectivity index (χ0v) is 14.2. The second kappa shape index (κ2) is 6.24. The predicted octanol–water partition coefficient (Wildman–Crippen LogP) is 2.07. The van der Waals surface area contributed by atoms with Gasteiger partial charge < -0.3 is 11.1 Å². The van der Waals surface area contributed by atoms with E-state index in [2.05, 4.69) is 25.4 Å². The maximum absolute atomic E-state index is 12.0. The fourth-order valence-electron chi connectivity index (χ4n) is 1.45. The van der Waals surface area contributed by atoms with E-state index in [9.17, 15) is 8.42 Å². The van der Waals surface area contributed by atoms with Gasteiger partial charge in [0.15, 0.2) is 0 Å². The van der Waals surface area contributed by atoms with E-state index in [1.54, 1.807) is 23.9 Å². The van der Waals surface area contributed by atoms with Crippen molar-refractivity contribution in [2.45, 2.75) is 23.5 Å². The van der Waals surface area contributed by atoms with Crippen molar-refractivity contribution >= 4 is 33.2 Å². The van der Waals surface area contributed by atoms with Crippen molar-refractivity contribution in [2.75, 3.05) is 37.9 Å². The van der Waals surface area contributed by atoms with E-state index in [0.29, 0.717) is 5.69 Å². The van der Waals surface area contributed by atoms with Gasteiger partial charge in [0.05, 0.1) is 16.3 Å². The largest absolute Gasteiger partial charge is 0.397 e. The van der Waals surface area contributed by atoms with Crippen molar-refractivity contribution in [3.8, 4) is 0 Å². The van der Waals surface area contributed by atoms with Crippen LogP contribution in [0.4, 0.5) is 11.4 Å². The van der Waals surface area contributed by atoms with Crippen LogP contribution < -0.4 is 11.1 Å². The average Bonchev–Trinajstić information content (AvgIpc) is 2.37. The molecule has 0 aromatic heterocycles. The number of benzene rings is 1. The number of anilines is 2. The fourth-order valence-corrected chi connectivity index (χ4v) is 2.61. The third-order valence-electron chi connectivity index (χ3n) is 3.06. The molecule has 1 rings (SSSR count). The zero-order chi connectivity index (χ0) is 15.6. The number of nitrogens with one attached hydrogen (secondary N) is 1. The monoisotopic (exact) mass is 317 g/mol. The van der Waals surface area contributed by atoms with E-state index >= 15 is 0 Å². The standard InChI is InChI=1S/C13H23N3O2S2/c1-13(2,19-5)9-15-12-7-6-10(8-11(12)14)20(17,18)16(3)4/h6-8,15H,9,14H2,1-5H3. The first-order chi connectivity index (χ1) is 9.10. The molecule has 3 N–H and O–H groups in total.